The third-order valence-corrected chi connectivity index (χ3v) is 5.50. The highest BCUT2D eigenvalue weighted by atomic mass is 16.2. The average Bonchev–Trinajstić information content (AvgIpc) is 3.11. The van der Waals surface area contributed by atoms with Crippen molar-refractivity contribution in [3.05, 3.63) is 35.5 Å². The summed E-state index contributed by atoms with van der Waals surface area (Å²) < 4.78 is 0. The summed E-state index contributed by atoms with van der Waals surface area (Å²) in [5.41, 5.74) is 3.78. The Morgan fingerprint density at radius 1 is 1.25 bits per heavy atom. The van der Waals surface area contributed by atoms with Gasteiger partial charge >= 0.3 is 0 Å². The number of guanidine groups is 1. The molecule has 0 aliphatic heterocycles. The van der Waals surface area contributed by atoms with Crippen molar-refractivity contribution in [3.8, 4) is 0 Å². The summed E-state index contributed by atoms with van der Waals surface area (Å²) in [5, 5.41) is 8.29. The number of aromatic nitrogens is 1. The molecule has 0 bridgehead atoms. The maximum Gasteiger partial charge on any atom is 0.243 e. The Labute approximate surface area is 167 Å². The lowest BCUT2D eigenvalue weighted by atomic mass is 9.96. The van der Waals surface area contributed by atoms with Crippen molar-refractivity contribution in [2.24, 2.45) is 4.99 Å². The highest BCUT2D eigenvalue weighted by Crippen LogP contribution is 2.22. The first kappa shape index (κ1) is 20.2. The van der Waals surface area contributed by atoms with E-state index in [2.05, 4.69) is 51.9 Å². The zero-order valence-electron chi connectivity index (χ0n) is 17.3. The van der Waals surface area contributed by atoms with E-state index in [0.717, 1.165) is 18.9 Å². The van der Waals surface area contributed by atoms with Crippen LogP contribution in [0, 0.1) is 6.92 Å². The van der Waals surface area contributed by atoms with Gasteiger partial charge in [0.2, 0.25) is 5.91 Å². The third-order valence-electron chi connectivity index (χ3n) is 5.50. The molecular weight excluding hydrogens is 350 g/mol. The van der Waals surface area contributed by atoms with Gasteiger partial charge in [0.25, 0.3) is 0 Å². The molecule has 0 atom stereocenters. The second kappa shape index (κ2) is 9.62. The maximum atomic E-state index is 11.9. The van der Waals surface area contributed by atoms with E-state index in [4.69, 9.17) is 0 Å². The number of carbonyl (C=O) groups is 1. The van der Waals surface area contributed by atoms with Crippen LogP contribution in [0.2, 0.25) is 0 Å². The van der Waals surface area contributed by atoms with Crippen LogP contribution in [-0.2, 0) is 11.2 Å². The number of fused-ring (bicyclic) bond motifs is 1. The molecule has 6 nitrogen and oxygen atoms in total. The van der Waals surface area contributed by atoms with Crippen molar-refractivity contribution >= 4 is 22.8 Å². The number of hydrogen-bond acceptors (Lipinski definition) is 2. The van der Waals surface area contributed by atoms with E-state index >= 15 is 0 Å². The Kier molecular flexibility index (Phi) is 6.95. The number of aryl methyl sites for hydroxylation is 1. The summed E-state index contributed by atoms with van der Waals surface area (Å²) in [5.74, 6) is 0.760. The normalized spacial score (nSPS) is 15.6. The molecule has 6 heteroatoms. The molecule has 0 saturated heterocycles. The standard InChI is InChI=1S/C22H33N5O/c1-16-8-7-11-19-21(16)17(14-24-19)12-13-23-22(25-15-20(28)27(2)3)26-18-9-5-4-6-10-18/h7-8,11,14,18,24H,4-6,9-10,12-13,15H2,1-3H3,(H2,23,25,26). The number of rotatable bonds is 6. The van der Waals surface area contributed by atoms with Crippen LogP contribution in [0.1, 0.15) is 43.2 Å². The molecule has 1 fully saturated rings. The van der Waals surface area contributed by atoms with E-state index in [9.17, 15) is 4.79 Å². The number of nitrogens with zero attached hydrogens (tertiary/aromatic N) is 2. The van der Waals surface area contributed by atoms with Gasteiger partial charge in [0.05, 0.1) is 0 Å². The average molecular weight is 384 g/mol. The van der Waals surface area contributed by atoms with Crippen LogP contribution in [0.4, 0.5) is 0 Å². The summed E-state index contributed by atoms with van der Waals surface area (Å²) in [6.07, 6.45) is 9.18. The Morgan fingerprint density at radius 3 is 2.79 bits per heavy atom. The van der Waals surface area contributed by atoms with Gasteiger partial charge in [-0.25, -0.2) is 4.99 Å². The van der Waals surface area contributed by atoms with Crippen molar-refractivity contribution in [1.29, 1.82) is 0 Å². The van der Waals surface area contributed by atoms with Gasteiger partial charge in [-0.1, -0.05) is 31.4 Å². The Balaban J connectivity index is 1.62. The zero-order valence-corrected chi connectivity index (χ0v) is 17.3. The van der Waals surface area contributed by atoms with Crippen molar-refractivity contribution < 1.29 is 4.79 Å². The highest BCUT2D eigenvalue weighted by molar-refractivity contribution is 5.87. The maximum absolute atomic E-state index is 11.9. The van der Waals surface area contributed by atoms with Crippen LogP contribution in [0.25, 0.3) is 10.9 Å². The van der Waals surface area contributed by atoms with Crippen molar-refractivity contribution in [3.63, 3.8) is 0 Å². The molecule has 0 radical (unpaired) electrons. The first-order valence-electron chi connectivity index (χ1n) is 10.3. The van der Waals surface area contributed by atoms with Crippen molar-refractivity contribution in [2.45, 2.75) is 51.5 Å². The van der Waals surface area contributed by atoms with Gasteiger partial charge in [0.1, 0.15) is 6.54 Å². The molecule has 0 spiro atoms. The van der Waals surface area contributed by atoms with E-state index in [1.807, 2.05) is 0 Å². The molecule has 0 unspecified atom stereocenters. The lowest BCUT2D eigenvalue weighted by molar-refractivity contribution is -0.127. The summed E-state index contributed by atoms with van der Waals surface area (Å²) in [7, 11) is 3.53. The molecule has 1 heterocycles. The van der Waals surface area contributed by atoms with E-state index in [1.165, 1.54) is 54.1 Å². The first-order valence-corrected chi connectivity index (χ1v) is 10.3. The number of aliphatic imine (C=N–C) groups is 1. The van der Waals surface area contributed by atoms with Crippen LogP contribution in [0.5, 0.6) is 0 Å². The second-order valence-corrected chi connectivity index (χ2v) is 7.92. The van der Waals surface area contributed by atoms with Crippen LogP contribution in [0.3, 0.4) is 0 Å². The van der Waals surface area contributed by atoms with Gasteiger partial charge in [-0.15, -0.1) is 0 Å². The number of hydrogen-bond donors (Lipinski definition) is 3. The van der Waals surface area contributed by atoms with Crippen LogP contribution < -0.4 is 10.6 Å². The van der Waals surface area contributed by atoms with Crippen molar-refractivity contribution in [1.82, 2.24) is 20.5 Å². The molecule has 2 aromatic rings. The van der Waals surface area contributed by atoms with Crippen LogP contribution >= 0.6 is 0 Å². The number of nitrogens with one attached hydrogen (secondary N) is 3. The quantitative estimate of drug-likeness (QED) is 0.530. The van der Waals surface area contributed by atoms with E-state index in [0.29, 0.717) is 6.04 Å². The van der Waals surface area contributed by atoms with Crippen LogP contribution in [0.15, 0.2) is 29.4 Å². The fraction of sp³-hybridized carbons (Fsp3) is 0.545. The molecule has 28 heavy (non-hydrogen) atoms. The molecule has 1 amide bonds. The van der Waals surface area contributed by atoms with Gasteiger partial charge in [0.15, 0.2) is 5.96 Å². The minimum absolute atomic E-state index is 0.0111. The monoisotopic (exact) mass is 383 g/mol. The fourth-order valence-corrected chi connectivity index (χ4v) is 3.85. The third kappa shape index (κ3) is 5.27. The number of likely N-dealkylation sites (N-methyl/N-ethyl adjacent to an activating group) is 1. The highest BCUT2D eigenvalue weighted by Gasteiger charge is 2.15. The number of H-pyrrole nitrogens is 1. The zero-order chi connectivity index (χ0) is 19.9. The minimum atomic E-state index is 0.0111. The predicted molar refractivity (Wildman–Crippen MR) is 116 cm³/mol. The molecule has 1 aliphatic carbocycles. The van der Waals surface area contributed by atoms with Crippen LogP contribution in [-0.4, -0.2) is 55.0 Å². The minimum Gasteiger partial charge on any atom is -0.361 e. The van der Waals surface area contributed by atoms with Crippen molar-refractivity contribution in [2.75, 3.05) is 27.2 Å². The predicted octanol–water partition coefficient (Wildman–Crippen LogP) is 2.97. The Hall–Kier alpha value is -2.50. The summed E-state index contributed by atoms with van der Waals surface area (Å²) in [6, 6.07) is 6.79. The van der Waals surface area contributed by atoms with E-state index < -0.39 is 0 Å². The van der Waals surface area contributed by atoms with Gasteiger partial charge in [-0.3, -0.25) is 4.79 Å². The molecule has 152 valence electrons. The lowest BCUT2D eigenvalue weighted by Gasteiger charge is -2.25. The molecule has 1 aliphatic rings. The molecule has 3 N–H and O–H groups in total. The number of aromatic amines is 1. The smallest absolute Gasteiger partial charge is 0.243 e. The van der Waals surface area contributed by atoms with Gasteiger partial charge in [-0.2, -0.15) is 0 Å². The van der Waals surface area contributed by atoms with Gasteiger partial charge in [-0.05, 0) is 43.4 Å². The molecule has 1 aromatic heterocycles. The Morgan fingerprint density at radius 2 is 2.04 bits per heavy atom. The summed E-state index contributed by atoms with van der Waals surface area (Å²) in [4.78, 5) is 21.4. The Bertz CT molecular complexity index is 817. The lowest BCUT2D eigenvalue weighted by Crippen LogP contribution is -2.45. The SMILES string of the molecule is Cc1cccc2[nH]cc(CCNC(=NCC(=O)N(C)C)NC3CCCCC3)c12. The number of benzene rings is 1. The number of carbonyl (C=O) groups excluding carboxylic acids is 1. The topological polar surface area (TPSA) is 72.5 Å². The first-order chi connectivity index (χ1) is 13.5. The number of amides is 1. The van der Waals surface area contributed by atoms with Gasteiger partial charge < -0.3 is 20.5 Å². The molecule has 1 saturated carbocycles. The van der Waals surface area contributed by atoms with Gasteiger partial charge in [0, 0.05) is 43.8 Å². The molecular formula is C22H33N5O. The fourth-order valence-electron chi connectivity index (χ4n) is 3.85. The largest absolute Gasteiger partial charge is 0.361 e. The van der Waals surface area contributed by atoms with E-state index in [1.54, 1.807) is 19.0 Å². The summed E-state index contributed by atoms with van der Waals surface area (Å²) >= 11 is 0. The van der Waals surface area contributed by atoms with E-state index in [-0.39, 0.29) is 12.5 Å². The molecule has 3 rings (SSSR count). The molecule has 1 aromatic carbocycles. The summed E-state index contributed by atoms with van der Waals surface area (Å²) in [6.45, 7) is 3.09. The second-order valence-electron chi connectivity index (χ2n) is 7.92.